The van der Waals surface area contributed by atoms with E-state index in [-0.39, 0.29) is 11.3 Å². The molecule has 2 rings (SSSR count). The third-order valence-electron chi connectivity index (χ3n) is 3.11. The lowest BCUT2D eigenvalue weighted by Gasteiger charge is -2.19. The third kappa shape index (κ3) is 2.37. The van der Waals surface area contributed by atoms with Crippen molar-refractivity contribution in [3.63, 3.8) is 0 Å². The van der Waals surface area contributed by atoms with Crippen LogP contribution in [0.5, 0.6) is 0 Å². The highest BCUT2D eigenvalue weighted by Gasteiger charge is 2.32. The number of Topliss-reactive ketones (excluding diaryl/α,β-unsaturated/α-hetero) is 1. The van der Waals surface area contributed by atoms with Crippen molar-refractivity contribution in [2.75, 3.05) is 6.61 Å². The minimum Gasteiger partial charge on any atom is -0.390 e. The molecule has 0 aromatic heterocycles. The Bertz CT molecular complexity index is 650. The summed E-state index contributed by atoms with van der Waals surface area (Å²) in [5, 5.41) is 9.30. The van der Waals surface area contributed by atoms with Gasteiger partial charge in [0, 0.05) is 6.21 Å². The van der Waals surface area contributed by atoms with Crippen LogP contribution in [0.1, 0.15) is 11.1 Å². The molecule has 20 heavy (non-hydrogen) atoms. The van der Waals surface area contributed by atoms with Crippen molar-refractivity contribution in [1.82, 2.24) is 0 Å². The molecule has 0 radical (unpaired) electrons. The molecule has 0 spiro atoms. The number of ketones is 1. The Balaban J connectivity index is 2.60. The van der Waals surface area contributed by atoms with Gasteiger partial charge in [0.1, 0.15) is 11.7 Å². The first-order valence-corrected chi connectivity index (χ1v) is 5.94. The Morgan fingerprint density at radius 3 is 2.75 bits per heavy atom. The summed E-state index contributed by atoms with van der Waals surface area (Å²) < 4.78 is 13.1. The number of allylic oxidation sites excluding steroid dienone is 1. The topological polar surface area (TPSA) is 92.8 Å². The highest BCUT2D eigenvalue weighted by molar-refractivity contribution is 6.34. The van der Waals surface area contributed by atoms with Crippen LogP contribution in [0.2, 0.25) is 0 Å². The van der Waals surface area contributed by atoms with Gasteiger partial charge in [0.05, 0.1) is 17.9 Å². The van der Waals surface area contributed by atoms with E-state index in [0.29, 0.717) is 11.1 Å². The Hall–Kier alpha value is -2.34. The quantitative estimate of drug-likeness (QED) is 0.791. The number of aliphatic imine (C=N–C) groups is 1. The number of aryl methyl sites for hydroxylation is 1. The van der Waals surface area contributed by atoms with E-state index >= 15 is 0 Å². The number of hydrogen-bond donors (Lipinski definition) is 2. The largest absolute Gasteiger partial charge is 0.390 e. The lowest BCUT2D eigenvalue weighted by atomic mass is 9.87. The van der Waals surface area contributed by atoms with E-state index in [4.69, 9.17) is 5.73 Å². The molecule has 1 atom stereocenters. The zero-order valence-electron chi connectivity index (χ0n) is 10.8. The van der Waals surface area contributed by atoms with Crippen LogP contribution >= 0.6 is 0 Å². The molecule has 0 fully saturated rings. The highest BCUT2D eigenvalue weighted by atomic mass is 19.1. The van der Waals surface area contributed by atoms with Crippen LogP contribution in [0.15, 0.2) is 28.9 Å². The molecule has 1 aromatic carbocycles. The van der Waals surface area contributed by atoms with Crippen molar-refractivity contribution in [3.8, 4) is 0 Å². The maximum atomic E-state index is 13.1. The number of benzene rings is 1. The lowest BCUT2D eigenvalue weighted by Crippen LogP contribution is -2.34. The monoisotopic (exact) mass is 276 g/mol. The van der Waals surface area contributed by atoms with E-state index in [2.05, 4.69) is 4.99 Å². The van der Waals surface area contributed by atoms with Gasteiger partial charge in [0.25, 0.3) is 0 Å². The number of halogens is 1. The molecule has 0 saturated heterocycles. The number of hydrogen-bond acceptors (Lipinski definition) is 4. The fraction of sp³-hybridized carbons (Fsp3) is 0.214. The van der Waals surface area contributed by atoms with Gasteiger partial charge in [0.15, 0.2) is 5.78 Å². The van der Waals surface area contributed by atoms with Crippen molar-refractivity contribution >= 4 is 23.5 Å². The zero-order valence-corrected chi connectivity index (χ0v) is 10.8. The van der Waals surface area contributed by atoms with Gasteiger partial charge in [-0.05, 0) is 30.2 Å². The van der Waals surface area contributed by atoms with E-state index in [9.17, 15) is 19.1 Å². The van der Waals surface area contributed by atoms with Crippen molar-refractivity contribution < 1.29 is 19.1 Å². The van der Waals surface area contributed by atoms with Crippen LogP contribution in [0, 0.1) is 18.7 Å². The molecule has 1 heterocycles. The molecule has 0 saturated carbocycles. The molecule has 1 aromatic rings. The second kappa shape index (κ2) is 5.34. The van der Waals surface area contributed by atoms with Gasteiger partial charge >= 0.3 is 0 Å². The van der Waals surface area contributed by atoms with E-state index in [0.717, 1.165) is 6.21 Å². The average molecular weight is 276 g/mol. The van der Waals surface area contributed by atoms with E-state index in [1.165, 1.54) is 18.2 Å². The number of carbonyl (C=O) groups is 2. The lowest BCUT2D eigenvalue weighted by molar-refractivity contribution is -0.126. The third-order valence-corrected chi connectivity index (χ3v) is 3.11. The van der Waals surface area contributed by atoms with E-state index in [1.54, 1.807) is 6.92 Å². The van der Waals surface area contributed by atoms with Crippen molar-refractivity contribution in [1.29, 1.82) is 0 Å². The fourth-order valence-corrected chi connectivity index (χ4v) is 2.11. The predicted octanol–water partition coefficient (Wildman–Crippen LogP) is 0.593. The molecule has 1 amide bonds. The summed E-state index contributed by atoms with van der Waals surface area (Å²) in [6, 6.07) is 3.89. The van der Waals surface area contributed by atoms with Gasteiger partial charge in [-0.2, -0.15) is 0 Å². The maximum absolute atomic E-state index is 13.1. The minimum absolute atomic E-state index is 0.108. The zero-order chi connectivity index (χ0) is 14.9. The van der Waals surface area contributed by atoms with Crippen LogP contribution < -0.4 is 5.73 Å². The SMILES string of the molecule is Cc1cc(F)ccc1C1=C(CO)N=CC(C(N)=O)C1=O. The number of aliphatic hydroxyl groups is 1. The van der Waals surface area contributed by atoms with Crippen LogP contribution in [-0.2, 0) is 9.59 Å². The van der Waals surface area contributed by atoms with Crippen molar-refractivity contribution in [3.05, 3.63) is 40.8 Å². The first kappa shape index (κ1) is 14.1. The van der Waals surface area contributed by atoms with Gasteiger partial charge in [0.2, 0.25) is 5.91 Å². The Morgan fingerprint density at radius 2 is 2.20 bits per heavy atom. The maximum Gasteiger partial charge on any atom is 0.233 e. The average Bonchev–Trinajstić information content (AvgIpc) is 2.39. The minimum atomic E-state index is -1.16. The molecule has 0 bridgehead atoms. The second-order valence-electron chi connectivity index (χ2n) is 4.46. The van der Waals surface area contributed by atoms with Gasteiger partial charge in [-0.25, -0.2) is 4.39 Å². The number of rotatable bonds is 3. The van der Waals surface area contributed by atoms with Crippen LogP contribution in [0.3, 0.4) is 0 Å². The molecule has 1 unspecified atom stereocenters. The summed E-state index contributed by atoms with van der Waals surface area (Å²) >= 11 is 0. The second-order valence-corrected chi connectivity index (χ2v) is 4.46. The summed E-state index contributed by atoms with van der Waals surface area (Å²) in [7, 11) is 0. The number of nitrogens with zero attached hydrogens (tertiary/aromatic N) is 1. The summed E-state index contributed by atoms with van der Waals surface area (Å²) in [6.45, 7) is 1.17. The number of primary amides is 1. The molecular weight excluding hydrogens is 263 g/mol. The molecule has 5 nitrogen and oxygen atoms in total. The standard InChI is InChI=1S/C14H13FN2O3/c1-7-4-8(15)2-3-9(7)12-11(6-18)17-5-10(13(12)19)14(16)20/h2-5,10,18H,6H2,1H3,(H2,16,20). The molecule has 1 aliphatic heterocycles. The van der Waals surface area contributed by atoms with Crippen molar-refractivity contribution in [2.45, 2.75) is 6.92 Å². The fourth-order valence-electron chi connectivity index (χ4n) is 2.11. The first-order chi connectivity index (χ1) is 9.45. The highest BCUT2D eigenvalue weighted by Crippen LogP contribution is 2.29. The number of carbonyl (C=O) groups excluding carboxylic acids is 2. The summed E-state index contributed by atoms with van der Waals surface area (Å²) in [6.07, 6.45) is 1.12. The predicted molar refractivity (Wildman–Crippen MR) is 71.3 cm³/mol. The molecule has 6 heteroatoms. The Labute approximate surface area is 114 Å². The van der Waals surface area contributed by atoms with Crippen LogP contribution in [0.25, 0.3) is 5.57 Å². The first-order valence-electron chi connectivity index (χ1n) is 5.94. The van der Waals surface area contributed by atoms with Gasteiger partial charge in [-0.3, -0.25) is 14.6 Å². The summed E-state index contributed by atoms with van der Waals surface area (Å²) in [4.78, 5) is 27.5. The molecule has 3 N–H and O–H groups in total. The summed E-state index contributed by atoms with van der Waals surface area (Å²) in [5.74, 6) is -2.94. The van der Waals surface area contributed by atoms with Crippen LogP contribution in [0.4, 0.5) is 4.39 Å². The molecule has 1 aliphatic rings. The number of nitrogens with two attached hydrogens (primary N) is 1. The summed E-state index contributed by atoms with van der Waals surface area (Å²) in [5.41, 5.74) is 6.35. The normalized spacial score (nSPS) is 18.6. The van der Waals surface area contributed by atoms with Crippen LogP contribution in [-0.4, -0.2) is 29.6 Å². The Morgan fingerprint density at radius 1 is 1.50 bits per heavy atom. The molecular formula is C14H13FN2O3. The number of aliphatic hydroxyl groups excluding tert-OH is 1. The van der Waals surface area contributed by atoms with Crippen molar-refractivity contribution in [2.24, 2.45) is 16.6 Å². The number of amides is 1. The smallest absolute Gasteiger partial charge is 0.233 e. The molecule has 104 valence electrons. The van der Waals surface area contributed by atoms with E-state index in [1.807, 2.05) is 0 Å². The Kier molecular flexibility index (Phi) is 3.76. The molecule has 0 aliphatic carbocycles. The van der Waals surface area contributed by atoms with E-state index < -0.39 is 30.0 Å². The van der Waals surface area contributed by atoms with Gasteiger partial charge in [-0.1, -0.05) is 6.07 Å². The van der Waals surface area contributed by atoms with Gasteiger partial charge in [-0.15, -0.1) is 0 Å². The van der Waals surface area contributed by atoms with Gasteiger partial charge < -0.3 is 10.8 Å².